The molecule has 0 saturated carbocycles. The lowest BCUT2D eigenvalue weighted by Gasteiger charge is -2.49. The number of carbonyl (C=O) groups is 1. The van der Waals surface area contributed by atoms with E-state index in [0.717, 1.165) is 42.6 Å². The molecule has 76 heavy (non-hydrogen) atoms. The second-order valence-corrected chi connectivity index (χ2v) is 23.1. The summed E-state index contributed by atoms with van der Waals surface area (Å²) in [6.45, 7) is 19.4. The van der Waals surface area contributed by atoms with Crippen LogP contribution in [0.25, 0.3) is 11.1 Å². The van der Waals surface area contributed by atoms with Crippen LogP contribution in [0.2, 0.25) is 0 Å². The van der Waals surface area contributed by atoms with E-state index in [4.69, 9.17) is 33.2 Å². The van der Waals surface area contributed by atoms with Crippen molar-refractivity contribution in [2.75, 3.05) is 41.4 Å². The van der Waals surface area contributed by atoms with E-state index in [1.54, 1.807) is 48.7 Å². The lowest BCUT2D eigenvalue weighted by Crippen LogP contribution is -2.61. The van der Waals surface area contributed by atoms with Gasteiger partial charge in [0.25, 0.3) is 0 Å². The number of aliphatic hydroxyl groups is 5. The smallest absolute Gasteiger partial charge is 0.311 e. The van der Waals surface area contributed by atoms with E-state index in [9.17, 15) is 30.3 Å². The number of aliphatic hydroxyl groups excluding tert-OH is 3. The van der Waals surface area contributed by atoms with Gasteiger partial charge in [-0.25, -0.2) is 4.98 Å². The SMILES string of the molecule is CC[C@H]1OC(=O)[C@H](C)[C@@H](O[C@H]2C[C@@](C)(OC)[C@@H](O)[C@H](C)O2)[C@H](C)[C@@H](O[C@@H]2O[C@H](C)C[C@H](N(C)CCc3cn(CCCCc4ccc(-c5ccc(OC)nc5)cc4)nn3)[C@H]2O)[C@](C)(O)C[C@@H](C)CN(C)[C@H](C)[C@@H](O)[C@]1(C)O. The van der Waals surface area contributed by atoms with E-state index in [-0.39, 0.29) is 31.3 Å². The molecule has 6 rings (SSSR count). The third kappa shape index (κ3) is 14.9. The summed E-state index contributed by atoms with van der Waals surface area (Å²) in [7, 11) is 6.92. The fraction of sp³-hybridized carbons (Fsp3) is 0.754. The Morgan fingerprint density at radius 2 is 1.58 bits per heavy atom. The summed E-state index contributed by atoms with van der Waals surface area (Å²) >= 11 is 0. The number of hydrogen-bond donors (Lipinski definition) is 5. The minimum absolute atomic E-state index is 0.107. The van der Waals surface area contributed by atoms with Crippen molar-refractivity contribution in [1.82, 2.24) is 29.8 Å². The maximum atomic E-state index is 14.5. The quantitative estimate of drug-likeness (QED) is 0.0864. The van der Waals surface area contributed by atoms with E-state index in [0.29, 0.717) is 31.8 Å². The molecule has 1 aromatic carbocycles. The summed E-state index contributed by atoms with van der Waals surface area (Å²) in [4.78, 5) is 22.8. The Morgan fingerprint density at radius 3 is 2.22 bits per heavy atom. The number of cyclic esters (lactones) is 1. The molecule has 0 unspecified atom stereocenters. The number of benzene rings is 1. The van der Waals surface area contributed by atoms with Crippen LogP contribution in [-0.2, 0) is 52.6 Å². The van der Waals surface area contributed by atoms with Gasteiger partial charge in [0.05, 0.1) is 54.3 Å². The number of rotatable bonds is 17. The van der Waals surface area contributed by atoms with Crippen LogP contribution in [0.4, 0.5) is 0 Å². The molecule has 0 bridgehead atoms. The van der Waals surface area contributed by atoms with Crippen molar-refractivity contribution in [3.63, 3.8) is 0 Å². The van der Waals surface area contributed by atoms with Crippen LogP contribution in [-0.4, -0.2) is 193 Å². The van der Waals surface area contributed by atoms with Crippen molar-refractivity contribution < 1.29 is 63.5 Å². The van der Waals surface area contributed by atoms with Gasteiger partial charge in [-0.15, -0.1) is 5.10 Å². The number of esters is 1. The van der Waals surface area contributed by atoms with Crippen LogP contribution in [0.1, 0.15) is 119 Å². The van der Waals surface area contributed by atoms with Crippen LogP contribution in [0.15, 0.2) is 48.8 Å². The van der Waals surface area contributed by atoms with Crippen LogP contribution >= 0.6 is 0 Å². The van der Waals surface area contributed by atoms with Crippen LogP contribution in [0.5, 0.6) is 5.88 Å². The van der Waals surface area contributed by atoms with E-state index in [2.05, 4.69) is 44.5 Å². The van der Waals surface area contributed by atoms with Crippen molar-refractivity contribution in [3.05, 3.63) is 60.0 Å². The zero-order chi connectivity index (χ0) is 55.9. The molecule has 18 atom stereocenters. The zero-order valence-corrected chi connectivity index (χ0v) is 47.7. The average molecular weight is 1070 g/mol. The number of hydrogen-bond acceptors (Lipinski definition) is 18. The van der Waals surface area contributed by atoms with Crippen LogP contribution in [0.3, 0.4) is 0 Å². The normalized spacial score (nSPS) is 37.6. The Balaban J connectivity index is 1.17. The second-order valence-electron chi connectivity index (χ2n) is 23.1. The van der Waals surface area contributed by atoms with Gasteiger partial charge in [0.2, 0.25) is 5.88 Å². The van der Waals surface area contributed by atoms with E-state index in [1.807, 2.05) is 69.0 Å². The van der Waals surface area contributed by atoms with Gasteiger partial charge < -0.3 is 68.5 Å². The van der Waals surface area contributed by atoms with Crippen LogP contribution in [0, 0.1) is 17.8 Å². The number of pyridine rings is 1. The highest BCUT2D eigenvalue weighted by Crippen LogP contribution is 2.40. The molecule has 3 fully saturated rings. The first-order valence-electron chi connectivity index (χ1n) is 27.6. The topological polar surface area (TPSA) is 233 Å². The van der Waals surface area contributed by atoms with Gasteiger partial charge >= 0.3 is 5.97 Å². The summed E-state index contributed by atoms with van der Waals surface area (Å²) in [5.74, 6) is -2.16. The molecule has 3 aliphatic rings. The molecule has 5 N–H and O–H groups in total. The zero-order valence-electron chi connectivity index (χ0n) is 47.7. The van der Waals surface area contributed by atoms with Gasteiger partial charge in [-0.3, -0.25) is 9.48 Å². The summed E-state index contributed by atoms with van der Waals surface area (Å²) in [6, 6.07) is 11.5. The first-order chi connectivity index (χ1) is 35.8. The summed E-state index contributed by atoms with van der Waals surface area (Å²) in [5.41, 5.74) is -0.260. The number of aryl methyl sites for hydroxylation is 2. The monoisotopic (exact) mass is 1070 g/mol. The van der Waals surface area contributed by atoms with Crippen molar-refractivity contribution in [1.29, 1.82) is 0 Å². The number of ether oxygens (including phenoxy) is 7. The van der Waals surface area contributed by atoms with Crippen LogP contribution < -0.4 is 4.74 Å². The van der Waals surface area contributed by atoms with Gasteiger partial charge in [0.15, 0.2) is 12.6 Å². The van der Waals surface area contributed by atoms with Gasteiger partial charge in [0, 0.05) is 81.6 Å². The fourth-order valence-corrected chi connectivity index (χ4v) is 11.8. The highest BCUT2D eigenvalue weighted by molar-refractivity contribution is 5.73. The molecular weight excluding hydrogens is 977 g/mol. The average Bonchev–Trinajstić information content (AvgIpc) is 3.85. The molecule has 0 aliphatic carbocycles. The first kappa shape index (κ1) is 61.5. The lowest BCUT2D eigenvalue weighted by molar-refractivity contribution is -0.318. The van der Waals surface area contributed by atoms with Gasteiger partial charge in [-0.1, -0.05) is 50.3 Å². The van der Waals surface area contributed by atoms with Crippen molar-refractivity contribution in [3.8, 4) is 17.0 Å². The maximum absolute atomic E-state index is 14.5. The molecule has 19 heteroatoms. The summed E-state index contributed by atoms with van der Waals surface area (Å²) < 4.78 is 45.5. The van der Waals surface area contributed by atoms with Crippen molar-refractivity contribution in [2.24, 2.45) is 17.8 Å². The third-order valence-corrected chi connectivity index (χ3v) is 16.8. The largest absolute Gasteiger partial charge is 0.481 e. The molecule has 428 valence electrons. The highest BCUT2D eigenvalue weighted by Gasteiger charge is 2.53. The molecule has 0 radical (unpaired) electrons. The maximum Gasteiger partial charge on any atom is 0.311 e. The molecule has 3 aromatic rings. The van der Waals surface area contributed by atoms with E-state index >= 15 is 0 Å². The fourth-order valence-electron chi connectivity index (χ4n) is 11.8. The molecule has 0 amide bonds. The Bertz CT molecular complexity index is 2250. The lowest BCUT2D eigenvalue weighted by atomic mass is 9.77. The predicted octanol–water partition coefficient (Wildman–Crippen LogP) is 5.20. The Kier molecular flexibility index (Phi) is 21.5. The van der Waals surface area contributed by atoms with E-state index in [1.165, 1.54) is 19.6 Å². The summed E-state index contributed by atoms with van der Waals surface area (Å²) in [5, 5.41) is 68.7. The Labute approximate surface area is 451 Å². The molecule has 0 spiro atoms. The number of carbonyl (C=O) groups excluding carboxylic acids is 1. The molecule has 5 heterocycles. The molecule has 19 nitrogen and oxygen atoms in total. The summed E-state index contributed by atoms with van der Waals surface area (Å²) in [6.07, 6.45) is -1.65. The molecule has 2 aromatic heterocycles. The molecular formula is C57H92N6O13. The van der Waals surface area contributed by atoms with Gasteiger partial charge in [0.1, 0.15) is 30.0 Å². The number of likely N-dealkylation sites (N-methyl/N-ethyl adjacent to an activating group) is 2. The minimum atomic E-state index is -1.83. The Morgan fingerprint density at radius 1 is 0.882 bits per heavy atom. The molecule has 3 saturated heterocycles. The standard InChI is InChI=1S/C57H92N6O13/c1-15-45-57(10,69)50(65)38(6)62(12)32-34(2)29-55(8,68)52(36(4)49(37(5)53(67)74-45)75-47-30-56(9,71-14)51(66)39(7)73-47)76-54-48(64)44(28-35(3)72-54)61(11)27-25-43-33-63(60-59-43)26-17-16-18-40-19-21-41(22-20-40)42-23-24-46(70-13)58-31-42/h19-24,31,33-39,44-45,47-52,54,64-66,68-69H,15-18,25-30,32H2,1-14H3/t34-,35-,36+,37-,38-,39+,44+,45-,47+,48-,49+,50-,51+,52-,54+,55-,56-,57-/m1/s1. The van der Waals surface area contributed by atoms with Crippen molar-refractivity contribution in [2.45, 2.75) is 217 Å². The number of methoxy groups -OCH3 is 2. The molecule has 3 aliphatic heterocycles. The van der Waals surface area contributed by atoms with E-state index < -0.39 is 102 Å². The van der Waals surface area contributed by atoms with Gasteiger partial charge in [-0.05, 0) is 124 Å². The Hall–Kier alpha value is -3.70. The minimum Gasteiger partial charge on any atom is -0.481 e. The predicted molar refractivity (Wildman–Crippen MR) is 286 cm³/mol. The number of aromatic nitrogens is 4. The number of nitrogens with zero attached hydrogens (tertiary/aromatic N) is 6. The van der Waals surface area contributed by atoms with Crippen molar-refractivity contribution >= 4 is 5.97 Å². The number of unbranched alkanes of at least 4 members (excludes halogenated alkanes) is 1. The third-order valence-electron chi connectivity index (χ3n) is 16.8. The highest BCUT2D eigenvalue weighted by atomic mass is 16.7. The van der Waals surface area contributed by atoms with Gasteiger partial charge in [-0.2, -0.15) is 0 Å². The first-order valence-corrected chi connectivity index (χ1v) is 27.6. The second kappa shape index (κ2) is 26.5.